The molecule has 0 bridgehead atoms. The third-order valence-electron chi connectivity index (χ3n) is 5.45. The zero-order valence-electron chi connectivity index (χ0n) is 17.5. The Bertz CT molecular complexity index is 983. The van der Waals surface area contributed by atoms with Crippen LogP contribution in [0.25, 0.3) is 0 Å². The van der Waals surface area contributed by atoms with Gasteiger partial charge in [0.1, 0.15) is 11.8 Å². The minimum absolute atomic E-state index is 0.157. The van der Waals surface area contributed by atoms with Crippen molar-refractivity contribution >= 4 is 62.5 Å². The number of carbonyl (C=O) groups excluding carboxylic acids is 2. The number of ether oxygens (including phenoxy) is 1. The van der Waals surface area contributed by atoms with Gasteiger partial charge in [0, 0.05) is 17.1 Å². The number of nitrogens with zero attached hydrogens (tertiary/aromatic N) is 1. The third-order valence-corrected chi connectivity index (χ3v) is 6.98. The first-order valence-corrected chi connectivity index (χ1v) is 12.3. The molecule has 32 heavy (non-hydrogen) atoms. The van der Waals surface area contributed by atoms with Gasteiger partial charge in [-0.05, 0) is 55.7 Å². The SMILES string of the molecule is CC(C(=O)NC1CCCC1)N(Cc1ccc(Cl)c(Cl)c1)C(=O)COc1ccc(Br)cc1Cl. The Hall–Kier alpha value is -1.47. The molecule has 5 nitrogen and oxygen atoms in total. The van der Waals surface area contributed by atoms with E-state index in [1.807, 2.05) is 0 Å². The molecule has 0 spiro atoms. The molecule has 1 unspecified atom stereocenters. The Morgan fingerprint density at radius 2 is 1.81 bits per heavy atom. The highest BCUT2D eigenvalue weighted by Gasteiger charge is 2.29. The Morgan fingerprint density at radius 3 is 2.47 bits per heavy atom. The summed E-state index contributed by atoms with van der Waals surface area (Å²) >= 11 is 21.7. The summed E-state index contributed by atoms with van der Waals surface area (Å²) in [5.74, 6) is -0.142. The molecule has 1 aliphatic carbocycles. The molecule has 1 N–H and O–H groups in total. The van der Waals surface area contributed by atoms with Gasteiger partial charge in [0.05, 0.1) is 15.1 Å². The fraction of sp³-hybridized carbons (Fsp3) is 0.391. The van der Waals surface area contributed by atoms with E-state index < -0.39 is 6.04 Å². The standard InChI is InChI=1S/C23H24BrCl3N2O3/c1-14(23(31)28-17-4-2-3-5-17)29(12-15-6-8-18(25)19(26)10-15)22(30)13-32-21-9-7-16(24)11-20(21)27/h6-11,14,17H,2-5,12-13H2,1H3,(H,28,31). The molecule has 1 aliphatic rings. The van der Waals surface area contributed by atoms with E-state index in [1.165, 1.54) is 4.90 Å². The molecule has 2 aromatic rings. The maximum absolute atomic E-state index is 13.1. The minimum Gasteiger partial charge on any atom is -0.482 e. The van der Waals surface area contributed by atoms with Gasteiger partial charge in [-0.25, -0.2) is 0 Å². The van der Waals surface area contributed by atoms with Crippen molar-refractivity contribution in [2.45, 2.75) is 51.2 Å². The molecule has 0 radical (unpaired) electrons. The summed E-state index contributed by atoms with van der Waals surface area (Å²) in [5, 5.41) is 4.26. The van der Waals surface area contributed by atoms with Crippen molar-refractivity contribution < 1.29 is 14.3 Å². The van der Waals surface area contributed by atoms with Crippen LogP contribution in [0, 0.1) is 0 Å². The molecule has 1 atom stereocenters. The van der Waals surface area contributed by atoms with Crippen LogP contribution in [0.3, 0.4) is 0 Å². The van der Waals surface area contributed by atoms with Crippen molar-refractivity contribution in [1.29, 1.82) is 0 Å². The predicted octanol–water partition coefficient (Wildman–Crippen LogP) is 6.26. The highest BCUT2D eigenvalue weighted by molar-refractivity contribution is 9.10. The highest BCUT2D eigenvalue weighted by atomic mass is 79.9. The monoisotopic (exact) mass is 560 g/mol. The molecule has 2 aromatic carbocycles. The van der Waals surface area contributed by atoms with E-state index >= 15 is 0 Å². The maximum Gasteiger partial charge on any atom is 0.261 e. The zero-order valence-corrected chi connectivity index (χ0v) is 21.4. The lowest BCUT2D eigenvalue weighted by Crippen LogP contribution is -2.50. The largest absolute Gasteiger partial charge is 0.482 e. The molecule has 1 saturated carbocycles. The second-order valence-electron chi connectivity index (χ2n) is 7.80. The van der Waals surface area contributed by atoms with Gasteiger partial charge in [-0.2, -0.15) is 0 Å². The summed E-state index contributed by atoms with van der Waals surface area (Å²) in [5.41, 5.74) is 0.759. The summed E-state index contributed by atoms with van der Waals surface area (Å²) in [6.45, 7) is 1.64. The molecular weight excluding hydrogens is 539 g/mol. The summed E-state index contributed by atoms with van der Waals surface area (Å²) < 4.78 is 6.46. The number of halogens is 4. The normalized spacial score (nSPS) is 14.8. The second-order valence-corrected chi connectivity index (χ2v) is 9.94. The van der Waals surface area contributed by atoms with Crippen molar-refractivity contribution in [3.05, 3.63) is 61.5 Å². The molecule has 0 aliphatic heterocycles. The number of benzene rings is 2. The van der Waals surface area contributed by atoms with Gasteiger partial charge in [-0.1, -0.05) is 69.6 Å². The molecule has 0 saturated heterocycles. The van der Waals surface area contributed by atoms with Crippen LogP contribution in [0.2, 0.25) is 15.1 Å². The number of nitrogens with one attached hydrogen (secondary N) is 1. The van der Waals surface area contributed by atoms with Gasteiger partial charge in [-0.15, -0.1) is 0 Å². The molecule has 3 rings (SSSR count). The van der Waals surface area contributed by atoms with Crippen LogP contribution in [0.1, 0.15) is 38.2 Å². The fourth-order valence-electron chi connectivity index (χ4n) is 3.62. The lowest BCUT2D eigenvalue weighted by Gasteiger charge is -2.29. The van der Waals surface area contributed by atoms with Gasteiger partial charge in [0.25, 0.3) is 5.91 Å². The topological polar surface area (TPSA) is 58.6 Å². The van der Waals surface area contributed by atoms with E-state index in [4.69, 9.17) is 39.5 Å². The molecular formula is C23H24BrCl3N2O3. The Balaban J connectivity index is 1.75. The van der Waals surface area contributed by atoms with E-state index in [-0.39, 0.29) is 31.0 Å². The smallest absolute Gasteiger partial charge is 0.261 e. The van der Waals surface area contributed by atoms with Crippen LogP contribution in [-0.4, -0.2) is 35.4 Å². The van der Waals surface area contributed by atoms with Gasteiger partial charge in [0.2, 0.25) is 5.91 Å². The first kappa shape index (κ1) is 25.2. The Kier molecular flexibility index (Phi) is 9.12. The number of hydrogen-bond donors (Lipinski definition) is 1. The van der Waals surface area contributed by atoms with Crippen molar-refractivity contribution in [3.8, 4) is 5.75 Å². The average Bonchev–Trinajstić information content (AvgIpc) is 3.26. The lowest BCUT2D eigenvalue weighted by atomic mass is 10.1. The Morgan fingerprint density at radius 1 is 1.09 bits per heavy atom. The van der Waals surface area contributed by atoms with E-state index in [0.717, 1.165) is 35.7 Å². The lowest BCUT2D eigenvalue weighted by molar-refractivity contribution is -0.142. The molecule has 2 amide bonds. The summed E-state index contributed by atoms with van der Waals surface area (Å²) in [6.07, 6.45) is 4.13. The van der Waals surface area contributed by atoms with Crippen molar-refractivity contribution in [2.75, 3.05) is 6.61 Å². The van der Waals surface area contributed by atoms with E-state index in [0.29, 0.717) is 20.8 Å². The maximum atomic E-state index is 13.1. The number of rotatable bonds is 8. The van der Waals surface area contributed by atoms with Crippen molar-refractivity contribution in [2.24, 2.45) is 0 Å². The van der Waals surface area contributed by atoms with E-state index in [1.54, 1.807) is 43.3 Å². The molecule has 9 heteroatoms. The van der Waals surface area contributed by atoms with Crippen LogP contribution >= 0.6 is 50.7 Å². The van der Waals surface area contributed by atoms with Crippen LogP contribution in [-0.2, 0) is 16.1 Å². The van der Waals surface area contributed by atoms with E-state index in [2.05, 4.69) is 21.2 Å². The summed E-state index contributed by atoms with van der Waals surface area (Å²) in [4.78, 5) is 27.5. The summed E-state index contributed by atoms with van der Waals surface area (Å²) in [6, 6.07) is 9.75. The van der Waals surface area contributed by atoms with Gasteiger partial charge in [-0.3, -0.25) is 9.59 Å². The number of amides is 2. The predicted molar refractivity (Wildman–Crippen MR) is 132 cm³/mol. The van der Waals surface area contributed by atoms with E-state index in [9.17, 15) is 9.59 Å². The quantitative estimate of drug-likeness (QED) is 0.413. The first-order valence-electron chi connectivity index (χ1n) is 10.4. The molecule has 1 fully saturated rings. The minimum atomic E-state index is -0.693. The van der Waals surface area contributed by atoms with Gasteiger partial charge >= 0.3 is 0 Å². The first-order chi connectivity index (χ1) is 15.2. The van der Waals surface area contributed by atoms with Gasteiger partial charge < -0.3 is 15.0 Å². The van der Waals surface area contributed by atoms with Crippen LogP contribution in [0.5, 0.6) is 5.75 Å². The van der Waals surface area contributed by atoms with Crippen molar-refractivity contribution in [1.82, 2.24) is 10.2 Å². The molecule has 172 valence electrons. The summed E-state index contributed by atoms with van der Waals surface area (Å²) in [7, 11) is 0. The average molecular weight is 563 g/mol. The van der Waals surface area contributed by atoms with Crippen LogP contribution < -0.4 is 10.1 Å². The molecule has 0 heterocycles. The number of carbonyl (C=O) groups is 2. The molecule has 0 aromatic heterocycles. The van der Waals surface area contributed by atoms with Crippen molar-refractivity contribution in [3.63, 3.8) is 0 Å². The van der Waals surface area contributed by atoms with Crippen LogP contribution in [0.15, 0.2) is 40.9 Å². The number of hydrogen-bond acceptors (Lipinski definition) is 3. The third kappa shape index (κ3) is 6.77. The van der Waals surface area contributed by atoms with Gasteiger partial charge in [0.15, 0.2) is 6.61 Å². The zero-order chi connectivity index (χ0) is 23.3. The fourth-order valence-corrected chi connectivity index (χ4v) is 4.67. The second kappa shape index (κ2) is 11.6. The van der Waals surface area contributed by atoms with Crippen LogP contribution in [0.4, 0.5) is 0 Å². The highest BCUT2D eigenvalue weighted by Crippen LogP contribution is 2.28. The Labute approximate surface area is 211 Å².